The first-order chi connectivity index (χ1) is 10.9. The molecule has 0 saturated carbocycles. The van der Waals surface area contributed by atoms with Gasteiger partial charge in [-0.1, -0.05) is 0 Å². The molecule has 1 fully saturated rings. The highest BCUT2D eigenvalue weighted by molar-refractivity contribution is 7.13. The van der Waals surface area contributed by atoms with E-state index in [1.165, 1.54) is 16.2 Å². The molecular formula is C14H16F2N4O2S. The molecule has 23 heavy (non-hydrogen) atoms. The second-order valence-electron chi connectivity index (χ2n) is 5.64. The standard InChI is InChI=1S/C14H16F2N4O2S/c1-19-7-9(6-17-19)11-18-10(8-23-11)12(21)20-4-2-14(22,3-5-20)13(15)16/h6-8,13,22H,2-5H2,1H3. The number of amides is 1. The van der Waals surface area contributed by atoms with Crippen LogP contribution in [0, 0.1) is 0 Å². The Hall–Kier alpha value is -1.87. The molecule has 6 nitrogen and oxygen atoms in total. The van der Waals surface area contributed by atoms with E-state index >= 15 is 0 Å². The van der Waals surface area contributed by atoms with Gasteiger partial charge in [0, 0.05) is 37.3 Å². The van der Waals surface area contributed by atoms with Gasteiger partial charge in [-0.05, 0) is 12.8 Å². The van der Waals surface area contributed by atoms with Crippen molar-refractivity contribution in [1.82, 2.24) is 19.7 Å². The lowest BCUT2D eigenvalue weighted by molar-refractivity contribution is -0.122. The number of hydrogen-bond donors (Lipinski definition) is 1. The zero-order chi connectivity index (χ0) is 16.6. The van der Waals surface area contributed by atoms with E-state index in [1.54, 1.807) is 29.5 Å². The van der Waals surface area contributed by atoms with Crippen LogP contribution in [0.25, 0.3) is 10.6 Å². The molecule has 2 aromatic rings. The van der Waals surface area contributed by atoms with Crippen LogP contribution in [0.5, 0.6) is 0 Å². The van der Waals surface area contributed by atoms with E-state index in [-0.39, 0.29) is 37.5 Å². The average Bonchev–Trinajstić information content (AvgIpc) is 3.16. The van der Waals surface area contributed by atoms with Gasteiger partial charge in [-0.3, -0.25) is 9.48 Å². The van der Waals surface area contributed by atoms with Gasteiger partial charge in [0.05, 0.1) is 6.20 Å². The number of aromatic nitrogens is 3. The number of carbonyl (C=O) groups excluding carboxylic acids is 1. The molecule has 124 valence electrons. The highest BCUT2D eigenvalue weighted by Gasteiger charge is 2.41. The number of thiazole rings is 1. The van der Waals surface area contributed by atoms with Crippen LogP contribution in [0.1, 0.15) is 23.3 Å². The molecule has 1 N–H and O–H groups in total. The normalized spacial score (nSPS) is 17.7. The van der Waals surface area contributed by atoms with Crippen molar-refractivity contribution in [3.05, 3.63) is 23.5 Å². The van der Waals surface area contributed by atoms with Crippen molar-refractivity contribution < 1.29 is 18.7 Å². The molecule has 3 rings (SSSR count). The molecule has 0 aromatic carbocycles. The van der Waals surface area contributed by atoms with Crippen LogP contribution >= 0.6 is 11.3 Å². The van der Waals surface area contributed by atoms with Gasteiger partial charge in [-0.25, -0.2) is 13.8 Å². The highest BCUT2D eigenvalue weighted by atomic mass is 32.1. The summed E-state index contributed by atoms with van der Waals surface area (Å²) in [6, 6.07) is 0. The summed E-state index contributed by atoms with van der Waals surface area (Å²) in [7, 11) is 1.79. The number of aryl methyl sites for hydroxylation is 1. The van der Waals surface area contributed by atoms with Crippen LogP contribution < -0.4 is 0 Å². The fourth-order valence-corrected chi connectivity index (χ4v) is 3.28. The minimum absolute atomic E-state index is 0.0967. The predicted molar refractivity (Wildman–Crippen MR) is 80.4 cm³/mol. The smallest absolute Gasteiger partial charge is 0.273 e. The van der Waals surface area contributed by atoms with Gasteiger partial charge in [0.1, 0.15) is 16.3 Å². The van der Waals surface area contributed by atoms with Crippen LogP contribution in [0.2, 0.25) is 0 Å². The monoisotopic (exact) mass is 342 g/mol. The van der Waals surface area contributed by atoms with Crippen molar-refractivity contribution in [3.8, 4) is 10.6 Å². The van der Waals surface area contributed by atoms with Crippen molar-refractivity contribution in [2.45, 2.75) is 24.9 Å². The Labute approximate surface area is 135 Å². The molecule has 0 spiro atoms. The highest BCUT2D eigenvalue weighted by Crippen LogP contribution is 2.30. The Morgan fingerprint density at radius 2 is 2.13 bits per heavy atom. The van der Waals surface area contributed by atoms with Gasteiger partial charge in [0.2, 0.25) is 0 Å². The molecule has 3 heterocycles. The van der Waals surface area contributed by atoms with Crippen LogP contribution in [-0.4, -0.2) is 55.8 Å². The lowest BCUT2D eigenvalue weighted by Gasteiger charge is -2.37. The largest absolute Gasteiger partial charge is 0.384 e. The second kappa shape index (κ2) is 5.97. The molecule has 0 unspecified atom stereocenters. The van der Waals surface area contributed by atoms with Crippen LogP contribution in [0.4, 0.5) is 8.78 Å². The molecule has 1 saturated heterocycles. The molecule has 0 atom stereocenters. The molecule has 9 heteroatoms. The van der Waals surface area contributed by atoms with Crippen LogP contribution in [0.15, 0.2) is 17.8 Å². The Morgan fingerprint density at radius 3 is 2.70 bits per heavy atom. The van der Waals surface area contributed by atoms with Gasteiger partial charge < -0.3 is 10.0 Å². The summed E-state index contributed by atoms with van der Waals surface area (Å²) in [5.74, 6) is -0.298. The zero-order valence-electron chi connectivity index (χ0n) is 12.4. The van der Waals surface area contributed by atoms with Gasteiger partial charge in [0.25, 0.3) is 12.3 Å². The minimum Gasteiger partial charge on any atom is -0.384 e. The van der Waals surface area contributed by atoms with E-state index in [1.807, 2.05) is 0 Å². The molecule has 2 aromatic heterocycles. The Kier molecular flexibility index (Phi) is 4.15. The molecule has 1 aliphatic heterocycles. The third kappa shape index (κ3) is 3.11. The maximum Gasteiger partial charge on any atom is 0.273 e. The van der Waals surface area contributed by atoms with E-state index in [9.17, 15) is 18.7 Å². The molecular weight excluding hydrogens is 326 g/mol. The summed E-state index contributed by atoms with van der Waals surface area (Å²) in [5, 5.41) is 16.2. The summed E-state index contributed by atoms with van der Waals surface area (Å²) in [4.78, 5) is 18.2. The maximum absolute atomic E-state index is 12.8. The number of rotatable bonds is 3. The minimum atomic E-state index is -2.80. The molecule has 0 radical (unpaired) electrons. The van der Waals surface area contributed by atoms with E-state index in [4.69, 9.17) is 0 Å². The number of likely N-dealkylation sites (tertiary alicyclic amines) is 1. The number of aliphatic hydroxyl groups is 1. The number of hydrogen-bond acceptors (Lipinski definition) is 5. The fraction of sp³-hybridized carbons (Fsp3) is 0.500. The first-order valence-corrected chi connectivity index (χ1v) is 8.01. The van der Waals surface area contributed by atoms with Crippen molar-refractivity contribution in [3.63, 3.8) is 0 Å². The second-order valence-corrected chi connectivity index (χ2v) is 6.50. The summed E-state index contributed by atoms with van der Waals surface area (Å²) >= 11 is 1.33. The first-order valence-electron chi connectivity index (χ1n) is 7.13. The summed E-state index contributed by atoms with van der Waals surface area (Å²) < 4.78 is 27.2. The quantitative estimate of drug-likeness (QED) is 0.923. The van der Waals surface area contributed by atoms with Crippen molar-refractivity contribution >= 4 is 17.2 Å². The Balaban J connectivity index is 1.69. The molecule has 0 aliphatic carbocycles. The van der Waals surface area contributed by atoms with E-state index in [0.29, 0.717) is 5.01 Å². The summed E-state index contributed by atoms with van der Waals surface area (Å²) in [6.07, 6.45) is 0.413. The Bertz CT molecular complexity index is 707. The van der Waals surface area contributed by atoms with Crippen molar-refractivity contribution in [2.24, 2.45) is 7.05 Å². The lowest BCUT2D eigenvalue weighted by Crippen LogP contribution is -2.50. The number of piperidine rings is 1. The third-order valence-electron chi connectivity index (χ3n) is 4.00. The zero-order valence-corrected chi connectivity index (χ0v) is 13.3. The van der Waals surface area contributed by atoms with E-state index in [2.05, 4.69) is 10.1 Å². The van der Waals surface area contributed by atoms with Crippen molar-refractivity contribution in [2.75, 3.05) is 13.1 Å². The fourth-order valence-electron chi connectivity index (χ4n) is 2.51. The number of nitrogens with zero attached hydrogens (tertiary/aromatic N) is 4. The van der Waals surface area contributed by atoms with E-state index < -0.39 is 12.0 Å². The number of alkyl halides is 2. The summed E-state index contributed by atoms with van der Waals surface area (Å²) in [5.41, 5.74) is -0.877. The first kappa shape index (κ1) is 16.0. The number of carbonyl (C=O) groups is 1. The lowest BCUT2D eigenvalue weighted by atomic mass is 9.92. The summed E-state index contributed by atoms with van der Waals surface area (Å²) in [6.45, 7) is 0.193. The average molecular weight is 342 g/mol. The maximum atomic E-state index is 12.8. The van der Waals surface area contributed by atoms with E-state index in [0.717, 1.165) is 5.56 Å². The molecule has 0 bridgehead atoms. The SMILES string of the molecule is Cn1cc(-c2nc(C(=O)N3CCC(O)(C(F)F)CC3)cs2)cn1. The van der Waals surface area contributed by atoms with Crippen LogP contribution in [-0.2, 0) is 7.05 Å². The van der Waals surface area contributed by atoms with Gasteiger partial charge >= 0.3 is 0 Å². The Morgan fingerprint density at radius 1 is 1.43 bits per heavy atom. The number of halogens is 2. The van der Waals surface area contributed by atoms with Gasteiger partial charge in [0.15, 0.2) is 0 Å². The van der Waals surface area contributed by atoms with Gasteiger partial charge in [-0.2, -0.15) is 5.10 Å². The predicted octanol–water partition coefficient (Wildman–Crippen LogP) is 1.78. The molecule has 1 amide bonds. The topological polar surface area (TPSA) is 71.2 Å². The van der Waals surface area contributed by atoms with Gasteiger partial charge in [-0.15, -0.1) is 11.3 Å². The third-order valence-corrected chi connectivity index (χ3v) is 4.89. The van der Waals surface area contributed by atoms with Crippen molar-refractivity contribution in [1.29, 1.82) is 0 Å². The molecule has 1 aliphatic rings. The van der Waals surface area contributed by atoms with Crippen LogP contribution in [0.3, 0.4) is 0 Å².